The average Bonchev–Trinajstić information content (AvgIpc) is 3.12. The van der Waals surface area contributed by atoms with E-state index in [4.69, 9.17) is 4.98 Å². The lowest BCUT2D eigenvalue weighted by molar-refractivity contribution is 0.0713. The zero-order valence-corrected chi connectivity index (χ0v) is 18.1. The first kappa shape index (κ1) is 19.9. The first-order valence-electron chi connectivity index (χ1n) is 10.7. The Hall–Kier alpha value is -3.06. The van der Waals surface area contributed by atoms with Crippen molar-refractivity contribution < 1.29 is 9.50 Å². The molecule has 0 bridgehead atoms. The monoisotopic (exact) mass is 419 g/mol. The van der Waals surface area contributed by atoms with Gasteiger partial charge in [-0.15, -0.1) is 10.2 Å². The fraction of sp³-hybridized carbons (Fsp3) is 0.375. The molecular formula is C24H26FN5O. The smallest absolute Gasteiger partial charge is 0.257 e. The number of benzene rings is 2. The number of nitrogens with zero attached hydrogens (tertiary/aromatic N) is 5. The number of hydrogen-bond acceptors (Lipinski definition) is 5. The van der Waals surface area contributed by atoms with E-state index in [2.05, 4.69) is 27.2 Å². The van der Waals surface area contributed by atoms with Gasteiger partial charge >= 0.3 is 0 Å². The largest absolute Gasteiger partial charge is 0.390 e. The normalized spacial score (nSPS) is 14.4. The summed E-state index contributed by atoms with van der Waals surface area (Å²) in [7, 11) is 0. The first-order valence-corrected chi connectivity index (χ1v) is 10.7. The Morgan fingerprint density at radius 3 is 2.74 bits per heavy atom. The van der Waals surface area contributed by atoms with E-state index in [1.807, 2.05) is 32.9 Å². The zero-order chi connectivity index (χ0) is 21.8. The molecule has 3 heterocycles. The number of aliphatic hydroxyl groups is 1. The molecule has 1 aliphatic rings. The van der Waals surface area contributed by atoms with Gasteiger partial charge in [0.15, 0.2) is 0 Å². The summed E-state index contributed by atoms with van der Waals surface area (Å²) in [5, 5.41) is 19.0. The fourth-order valence-electron chi connectivity index (χ4n) is 4.56. The van der Waals surface area contributed by atoms with Gasteiger partial charge in [-0.25, -0.2) is 4.39 Å². The minimum atomic E-state index is -0.714. The molecule has 160 valence electrons. The Labute approximate surface area is 180 Å². The summed E-state index contributed by atoms with van der Waals surface area (Å²) in [5.74, 6) is 1.42. The van der Waals surface area contributed by atoms with E-state index in [0.29, 0.717) is 34.7 Å². The SMILES string of the molecule is Cc1nnc2nc(N3CCCc4c(CCC(C)(C)O)cccc43)c3c(F)cccc3n12. The van der Waals surface area contributed by atoms with Crippen LogP contribution in [0.1, 0.15) is 43.6 Å². The van der Waals surface area contributed by atoms with Crippen LogP contribution in [0.4, 0.5) is 15.9 Å². The Morgan fingerprint density at radius 1 is 1.13 bits per heavy atom. The van der Waals surface area contributed by atoms with Crippen molar-refractivity contribution in [3.63, 3.8) is 0 Å². The van der Waals surface area contributed by atoms with Crippen LogP contribution in [-0.2, 0) is 12.8 Å². The molecule has 2 aromatic carbocycles. The van der Waals surface area contributed by atoms with Crippen LogP contribution in [0.2, 0.25) is 0 Å². The van der Waals surface area contributed by atoms with Gasteiger partial charge in [0.05, 0.1) is 16.5 Å². The van der Waals surface area contributed by atoms with Crippen LogP contribution in [0.3, 0.4) is 0 Å². The lowest BCUT2D eigenvalue weighted by atomic mass is 9.91. The van der Waals surface area contributed by atoms with Crippen LogP contribution in [0.15, 0.2) is 36.4 Å². The highest BCUT2D eigenvalue weighted by Crippen LogP contribution is 2.39. The summed E-state index contributed by atoms with van der Waals surface area (Å²) in [5.41, 5.74) is 3.54. The van der Waals surface area contributed by atoms with Crippen LogP contribution in [0.5, 0.6) is 0 Å². The van der Waals surface area contributed by atoms with Crippen molar-refractivity contribution in [1.29, 1.82) is 0 Å². The van der Waals surface area contributed by atoms with E-state index < -0.39 is 5.60 Å². The molecule has 0 radical (unpaired) electrons. The highest BCUT2D eigenvalue weighted by Gasteiger charge is 2.26. The molecule has 7 heteroatoms. The summed E-state index contributed by atoms with van der Waals surface area (Å²) in [6.07, 6.45) is 3.39. The number of aromatic nitrogens is 4. The van der Waals surface area contributed by atoms with Gasteiger partial charge in [0.2, 0.25) is 0 Å². The molecule has 1 aliphatic heterocycles. The van der Waals surface area contributed by atoms with Gasteiger partial charge in [-0.3, -0.25) is 4.40 Å². The lowest BCUT2D eigenvalue weighted by Crippen LogP contribution is -2.27. The first-order chi connectivity index (χ1) is 14.8. The van der Waals surface area contributed by atoms with Gasteiger partial charge in [0, 0.05) is 12.2 Å². The Bertz CT molecular complexity index is 1290. The third-order valence-electron chi connectivity index (χ3n) is 6.08. The molecule has 0 amide bonds. The van der Waals surface area contributed by atoms with E-state index in [0.717, 1.165) is 31.5 Å². The standard InChI is InChI=1S/C24H26FN5O/c1-15-27-28-23-26-22(21-18(25)9-5-11-20(21)30(15)23)29-14-6-8-17-16(7-4-10-19(17)29)12-13-24(2,3)31/h4-5,7,9-11,31H,6,8,12-14H2,1-3H3. The zero-order valence-electron chi connectivity index (χ0n) is 18.1. The quantitative estimate of drug-likeness (QED) is 0.527. The second-order valence-corrected chi connectivity index (χ2v) is 8.93. The molecule has 0 atom stereocenters. The number of halogens is 1. The van der Waals surface area contributed by atoms with Crippen molar-refractivity contribution in [2.24, 2.45) is 0 Å². The van der Waals surface area contributed by atoms with Crippen molar-refractivity contribution >= 4 is 28.2 Å². The number of fused-ring (bicyclic) bond motifs is 4. The highest BCUT2D eigenvalue weighted by atomic mass is 19.1. The van der Waals surface area contributed by atoms with Crippen molar-refractivity contribution in [1.82, 2.24) is 19.6 Å². The number of aryl methyl sites for hydroxylation is 2. The lowest BCUT2D eigenvalue weighted by Gasteiger charge is -2.33. The van der Waals surface area contributed by atoms with E-state index >= 15 is 4.39 Å². The minimum Gasteiger partial charge on any atom is -0.390 e. The van der Waals surface area contributed by atoms with Crippen molar-refractivity contribution in [3.8, 4) is 0 Å². The molecule has 0 fully saturated rings. The van der Waals surface area contributed by atoms with E-state index in [-0.39, 0.29) is 5.82 Å². The van der Waals surface area contributed by atoms with Crippen LogP contribution in [0, 0.1) is 12.7 Å². The van der Waals surface area contributed by atoms with E-state index in [1.54, 1.807) is 10.5 Å². The molecule has 4 aromatic rings. The minimum absolute atomic E-state index is 0.305. The van der Waals surface area contributed by atoms with Gasteiger partial charge in [0.25, 0.3) is 5.78 Å². The molecule has 0 saturated carbocycles. The van der Waals surface area contributed by atoms with E-state index in [9.17, 15) is 5.11 Å². The molecule has 5 rings (SSSR count). The third-order valence-corrected chi connectivity index (χ3v) is 6.08. The molecule has 0 saturated heterocycles. The maximum absolute atomic E-state index is 15.1. The Balaban J connectivity index is 1.69. The third kappa shape index (κ3) is 3.43. The second kappa shape index (κ2) is 7.27. The second-order valence-electron chi connectivity index (χ2n) is 8.93. The van der Waals surface area contributed by atoms with Crippen LogP contribution >= 0.6 is 0 Å². The molecule has 31 heavy (non-hydrogen) atoms. The summed E-state index contributed by atoms with van der Waals surface area (Å²) in [4.78, 5) is 6.87. The number of rotatable bonds is 4. The maximum atomic E-state index is 15.1. The predicted octanol–water partition coefficient (Wildman–Crippen LogP) is 4.51. The van der Waals surface area contributed by atoms with Gasteiger partial charge in [-0.1, -0.05) is 18.2 Å². The van der Waals surface area contributed by atoms with Crippen LogP contribution in [-0.4, -0.2) is 36.8 Å². The Kier molecular flexibility index (Phi) is 4.66. The van der Waals surface area contributed by atoms with Gasteiger partial charge in [0.1, 0.15) is 17.5 Å². The average molecular weight is 420 g/mol. The van der Waals surface area contributed by atoms with Gasteiger partial charge < -0.3 is 10.0 Å². The maximum Gasteiger partial charge on any atom is 0.257 e. The summed E-state index contributed by atoms with van der Waals surface area (Å²) in [6.45, 7) is 6.27. The van der Waals surface area contributed by atoms with Crippen molar-refractivity contribution in [3.05, 3.63) is 59.2 Å². The molecular weight excluding hydrogens is 393 g/mol. The van der Waals surface area contributed by atoms with Crippen molar-refractivity contribution in [2.75, 3.05) is 11.4 Å². The number of hydrogen-bond donors (Lipinski definition) is 1. The van der Waals surface area contributed by atoms with Crippen LogP contribution in [0.25, 0.3) is 16.7 Å². The molecule has 0 unspecified atom stereocenters. The number of anilines is 2. The highest BCUT2D eigenvalue weighted by molar-refractivity contribution is 5.94. The van der Waals surface area contributed by atoms with E-state index in [1.165, 1.54) is 17.2 Å². The fourth-order valence-corrected chi connectivity index (χ4v) is 4.56. The molecule has 0 aliphatic carbocycles. The Morgan fingerprint density at radius 2 is 1.94 bits per heavy atom. The van der Waals surface area contributed by atoms with Crippen LogP contribution < -0.4 is 4.90 Å². The molecule has 2 aromatic heterocycles. The summed E-state index contributed by atoms with van der Waals surface area (Å²) < 4.78 is 16.9. The summed E-state index contributed by atoms with van der Waals surface area (Å²) >= 11 is 0. The topological polar surface area (TPSA) is 66.5 Å². The summed E-state index contributed by atoms with van der Waals surface area (Å²) in [6, 6.07) is 11.3. The predicted molar refractivity (Wildman–Crippen MR) is 119 cm³/mol. The molecule has 6 nitrogen and oxygen atoms in total. The molecule has 1 N–H and O–H groups in total. The molecule has 0 spiro atoms. The van der Waals surface area contributed by atoms with Gasteiger partial charge in [-0.05, 0) is 75.8 Å². The van der Waals surface area contributed by atoms with Gasteiger partial charge in [-0.2, -0.15) is 4.98 Å². The van der Waals surface area contributed by atoms with Crippen molar-refractivity contribution in [2.45, 2.75) is 52.1 Å².